The lowest BCUT2D eigenvalue weighted by molar-refractivity contribution is -0.120. The van der Waals surface area contributed by atoms with Gasteiger partial charge in [0, 0.05) is 43.2 Å². The van der Waals surface area contributed by atoms with Gasteiger partial charge in [-0.2, -0.15) is 0 Å². The molecule has 3 amide bonds. The van der Waals surface area contributed by atoms with Crippen molar-refractivity contribution in [1.82, 2.24) is 9.88 Å². The first-order chi connectivity index (χ1) is 16.2. The Bertz CT molecular complexity index is 1230. The largest absolute Gasteiger partial charge is 0.449 e. The zero-order valence-electron chi connectivity index (χ0n) is 19.3. The van der Waals surface area contributed by atoms with Crippen molar-refractivity contribution in [3.05, 3.63) is 52.9 Å². The summed E-state index contributed by atoms with van der Waals surface area (Å²) in [6, 6.07) is 8.10. The van der Waals surface area contributed by atoms with Gasteiger partial charge >= 0.3 is 0 Å². The number of nitrogens with one attached hydrogen (secondary N) is 2. The lowest BCUT2D eigenvalue weighted by atomic mass is 9.86. The quantitative estimate of drug-likeness (QED) is 0.460. The van der Waals surface area contributed by atoms with Crippen molar-refractivity contribution in [1.29, 1.82) is 0 Å². The van der Waals surface area contributed by atoms with Gasteiger partial charge in [0.2, 0.25) is 11.7 Å². The molecule has 9 nitrogen and oxygen atoms in total. The molecule has 0 atom stereocenters. The summed E-state index contributed by atoms with van der Waals surface area (Å²) < 4.78 is 5.83. The zero-order valence-corrected chi connectivity index (χ0v) is 20.9. The van der Waals surface area contributed by atoms with E-state index >= 15 is 0 Å². The van der Waals surface area contributed by atoms with Crippen molar-refractivity contribution in [2.24, 2.45) is 11.7 Å². The van der Waals surface area contributed by atoms with E-state index in [0.717, 1.165) is 12.8 Å². The third kappa shape index (κ3) is 5.93. The SMILES string of the molecule is CN(C)C(=O)c1ccc2oc(C(=O)Nc3ccc(Cl)cn3)c(NC(=O)C3CCC(N)CC3)c2c1.Cl. The van der Waals surface area contributed by atoms with Gasteiger partial charge < -0.3 is 25.7 Å². The van der Waals surface area contributed by atoms with Crippen LogP contribution < -0.4 is 16.4 Å². The van der Waals surface area contributed by atoms with Crippen molar-refractivity contribution < 1.29 is 18.8 Å². The molecule has 0 bridgehead atoms. The molecule has 4 N–H and O–H groups in total. The van der Waals surface area contributed by atoms with Crippen LogP contribution in [0, 0.1) is 5.92 Å². The number of rotatable bonds is 5. The molecular formula is C24H27Cl2N5O4. The maximum Gasteiger partial charge on any atom is 0.294 e. The first kappa shape index (κ1) is 26.5. The normalized spacial score (nSPS) is 17.4. The van der Waals surface area contributed by atoms with Gasteiger partial charge in [0.15, 0.2) is 0 Å². The van der Waals surface area contributed by atoms with Crippen LogP contribution in [-0.4, -0.2) is 47.7 Å². The maximum atomic E-state index is 13.1. The number of benzene rings is 1. The number of nitrogens with two attached hydrogens (primary N) is 1. The summed E-state index contributed by atoms with van der Waals surface area (Å²) in [5.41, 5.74) is 6.96. The Morgan fingerprint density at radius 3 is 2.43 bits per heavy atom. The monoisotopic (exact) mass is 519 g/mol. The highest BCUT2D eigenvalue weighted by atomic mass is 35.5. The number of fused-ring (bicyclic) bond motifs is 1. The Kier molecular flexibility index (Phi) is 8.37. The van der Waals surface area contributed by atoms with Gasteiger partial charge in [0.1, 0.15) is 17.1 Å². The number of hydrogen-bond acceptors (Lipinski definition) is 6. The van der Waals surface area contributed by atoms with E-state index < -0.39 is 5.91 Å². The summed E-state index contributed by atoms with van der Waals surface area (Å²) in [6.07, 6.45) is 4.28. The molecule has 1 fully saturated rings. The summed E-state index contributed by atoms with van der Waals surface area (Å²) in [5.74, 6) is -1.03. The second kappa shape index (κ2) is 11.1. The van der Waals surface area contributed by atoms with Crippen molar-refractivity contribution >= 4 is 64.2 Å². The number of hydrogen-bond donors (Lipinski definition) is 3. The number of halogens is 2. The molecule has 1 aromatic carbocycles. The smallest absolute Gasteiger partial charge is 0.294 e. The van der Waals surface area contributed by atoms with Gasteiger partial charge in [-0.15, -0.1) is 12.4 Å². The minimum atomic E-state index is -0.590. The summed E-state index contributed by atoms with van der Waals surface area (Å²) in [7, 11) is 3.30. The van der Waals surface area contributed by atoms with E-state index in [9.17, 15) is 14.4 Å². The molecular weight excluding hydrogens is 493 g/mol. The molecule has 1 aliphatic carbocycles. The van der Waals surface area contributed by atoms with Crippen LogP contribution in [0.15, 0.2) is 40.9 Å². The standard InChI is InChI=1S/C24H26ClN5O4.ClH/c1-30(2)24(33)14-5-9-18-17(11-14)20(29-22(31)13-3-7-16(26)8-4-13)21(34-18)23(32)28-19-10-6-15(25)12-27-19;/h5-6,9-13,16H,3-4,7-8,26H2,1-2H3,(H,29,31)(H,27,28,32);1H. The molecule has 0 spiro atoms. The summed E-state index contributed by atoms with van der Waals surface area (Å²) in [4.78, 5) is 44.2. The Labute approximate surface area is 213 Å². The molecule has 186 valence electrons. The molecule has 1 saturated carbocycles. The Morgan fingerprint density at radius 1 is 1.09 bits per heavy atom. The fourth-order valence-electron chi connectivity index (χ4n) is 4.00. The molecule has 4 rings (SSSR count). The van der Waals surface area contributed by atoms with Gasteiger partial charge in [0.05, 0.1) is 5.02 Å². The first-order valence-electron chi connectivity index (χ1n) is 11.0. The molecule has 3 aromatic rings. The number of amides is 3. The highest BCUT2D eigenvalue weighted by Crippen LogP contribution is 2.34. The van der Waals surface area contributed by atoms with Gasteiger partial charge in [-0.05, 0) is 56.0 Å². The van der Waals surface area contributed by atoms with Crippen molar-refractivity contribution in [2.75, 3.05) is 24.7 Å². The molecule has 0 unspecified atom stereocenters. The topological polar surface area (TPSA) is 131 Å². The van der Waals surface area contributed by atoms with Crippen molar-refractivity contribution in [3.8, 4) is 0 Å². The number of pyridine rings is 1. The summed E-state index contributed by atoms with van der Waals surface area (Å²) in [6.45, 7) is 0. The fraction of sp³-hybridized carbons (Fsp3) is 0.333. The predicted octanol–water partition coefficient (Wildman–Crippen LogP) is 4.31. The van der Waals surface area contributed by atoms with Gasteiger partial charge in [-0.1, -0.05) is 11.6 Å². The van der Waals surface area contributed by atoms with E-state index in [1.807, 2.05) is 0 Å². The lowest BCUT2D eigenvalue weighted by Gasteiger charge is -2.25. The third-order valence-electron chi connectivity index (χ3n) is 5.91. The number of carbonyl (C=O) groups excluding carboxylic acids is 3. The first-order valence-corrected chi connectivity index (χ1v) is 11.4. The number of furan rings is 1. The van der Waals surface area contributed by atoms with Crippen LogP contribution in [0.5, 0.6) is 0 Å². The van der Waals surface area contributed by atoms with E-state index in [2.05, 4.69) is 15.6 Å². The number of carbonyl (C=O) groups is 3. The van der Waals surface area contributed by atoms with E-state index in [-0.39, 0.29) is 53.4 Å². The summed E-state index contributed by atoms with van der Waals surface area (Å²) in [5, 5.41) is 6.44. The van der Waals surface area contributed by atoms with E-state index in [0.29, 0.717) is 34.4 Å². The van der Waals surface area contributed by atoms with Crippen LogP contribution in [0.1, 0.15) is 46.6 Å². The minimum Gasteiger partial charge on any atom is -0.449 e. The van der Waals surface area contributed by atoms with Gasteiger partial charge in [0.25, 0.3) is 11.8 Å². The number of nitrogens with zero attached hydrogens (tertiary/aromatic N) is 2. The Hall–Kier alpha value is -3.14. The maximum absolute atomic E-state index is 13.1. The van der Waals surface area contributed by atoms with Crippen LogP contribution >= 0.6 is 24.0 Å². The van der Waals surface area contributed by atoms with Crippen LogP contribution in [0.2, 0.25) is 5.02 Å². The molecule has 2 heterocycles. The molecule has 35 heavy (non-hydrogen) atoms. The second-order valence-electron chi connectivity index (χ2n) is 8.63. The molecule has 1 aliphatic rings. The Morgan fingerprint density at radius 2 is 1.80 bits per heavy atom. The molecule has 11 heteroatoms. The van der Waals surface area contributed by atoms with Crippen molar-refractivity contribution in [3.63, 3.8) is 0 Å². The van der Waals surface area contributed by atoms with Gasteiger partial charge in [-0.3, -0.25) is 14.4 Å². The summed E-state index contributed by atoms with van der Waals surface area (Å²) >= 11 is 5.87. The van der Waals surface area contributed by atoms with Crippen molar-refractivity contribution in [2.45, 2.75) is 31.7 Å². The van der Waals surface area contributed by atoms with Crippen LogP contribution in [0.3, 0.4) is 0 Å². The van der Waals surface area contributed by atoms with Gasteiger partial charge in [-0.25, -0.2) is 4.98 Å². The van der Waals surface area contributed by atoms with Crippen LogP contribution in [-0.2, 0) is 4.79 Å². The molecule has 0 radical (unpaired) electrons. The fourth-order valence-corrected chi connectivity index (χ4v) is 4.11. The Balaban J connectivity index is 0.00000342. The number of aromatic nitrogens is 1. The van der Waals surface area contributed by atoms with Crippen LogP contribution in [0.4, 0.5) is 11.5 Å². The molecule has 0 saturated heterocycles. The zero-order chi connectivity index (χ0) is 24.4. The highest BCUT2D eigenvalue weighted by Gasteiger charge is 2.29. The average molecular weight is 520 g/mol. The third-order valence-corrected chi connectivity index (χ3v) is 6.13. The minimum absolute atomic E-state index is 0. The second-order valence-corrected chi connectivity index (χ2v) is 9.07. The van der Waals surface area contributed by atoms with E-state index in [1.54, 1.807) is 44.4 Å². The average Bonchev–Trinajstić information content (AvgIpc) is 3.18. The van der Waals surface area contributed by atoms with E-state index in [4.69, 9.17) is 21.8 Å². The molecule has 0 aliphatic heterocycles. The van der Waals surface area contributed by atoms with E-state index in [1.165, 1.54) is 11.1 Å². The lowest BCUT2D eigenvalue weighted by Crippen LogP contribution is -2.32. The number of anilines is 2. The van der Waals surface area contributed by atoms with Crippen LogP contribution in [0.25, 0.3) is 11.0 Å². The highest BCUT2D eigenvalue weighted by molar-refractivity contribution is 6.30. The molecule has 2 aromatic heterocycles. The predicted molar refractivity (Wildman–Crippen MR) is 137 cm³/mol.